The van der Waals surface area contributed by atoms with E-state index >= 15 is 0 Å². The van der Waals surface area contributed by atoms with Crippen molar-refractivity contribution in [2.45, 2.75) is 51.4 Å². The molecule has 2 saturated carbocycles. The fourth-order valence-electron chi connectivity index (χ4n) is 3.70. The van der Waals surface area contributed by atoms with Crippen LogP contribution in [0.3, 0.4) is 0 Å². The lowest BCUT2D eigenvalue weighted by Crippen LogP contribution is -2.16. The van der Waals surface area contributed by atoms with Crippen LogP contribution in [0.5, 0.6) is 0 Å². The van der Waals surface area contributed by atoms with Crippen LogP contribution < -0.4 is 11.3 Å². The van der Waals surface area contributed by atoms with Crippen LogP contribution in [0.2, 0.25) is 0 Å². The van der Waals surface area contributed by atoms with Crippen molar-refractivity contribution in [2.75, 3.05) is 5.43 Å². The number of nitrogens with one attached hydrogen (secondary N) is 1. The third kappa shape index (κ3) is 2.09. The molecule has 0 radical (unpaired) electrons. The second-order valence-corrected chi connectivity index (χ2v) is 5.78. The second-order valence-electron chi connectivity index (χ2n) is 5.78. The number of fused-ring (bicyclic) bond motifs is 2. The predicted molar refractivity (Wildman–Crippen MR) is 72.0 cm³/mol. The van der Waals surface area contributed by atoms with E-state index in [2.05, 4.69) is 17.3 Å². The molecule has 0 spiro atoms. The second kappa shape index (κ2) is 4.84. The maximum atomic E-state index is 5.52. The van der Waals surface area contributed by atoms with E-state index in [4.69, 9.17) is 10.8 Å². The molecule has 0 amide bonds. The smallest absolute Gasteiger partial charge is 0.143 e. The lowest BCUT2D eigenvalue weighted by atomic mass is 9.88. The zero-order valence-electron chi connectivity index (χ0n) is 11.0. The fourth-order valence-corrected chi connectivity index (χ4v) is 3.70. The minimum atomic E-state index is 0.577. The summed E-state index contributed by atoms with van der Waals surface area (Å²) in [5.74, 6) is 9.63. The van der Waals surface area contributed by atoms with Crippen LogP contribution in [-0.4, -0.2) is 9.97 Å². The van der Waals surface area contributed by atoms with E-state index in [0.717, 1.165) is 42.0 Å². The van der Waals surface area contributed by atoms with E-state index in [1.165, 1.54) is 25.7 Å². The van der Waals surface area contributed by atoms with Crippen molar-refractivity contribution < 1.29 is 0 Å². The zero-order valence-corrected chi connectivity index (χ0v) is 11.0. The molecular weight excluding hydrogens is 224 g/mol. The Kier molecular flexibility index (Phi) is 3.20. The molecule has 18 heavy (non-hydrogen) atoms. The maximum Gasteiger partial charge on any atom is 0.143 e. The van der Waals surface area contributed by atoms with Gasteiger partial charge in [-0.15, -0.1) is 0 Å². The summed E-state index contributed by atoms with van der Waals surface area (Å²) in [6.07, 6.45) is 7.56. The van der Waals surface area contributed by atoms with Crippen LogP contribution in [0, 0.1) is 11.8 Å². The molecule has 2 aliphatic rings. The maximum absolute atomic E-state index is 5.52. The van der Waals surface area contributed by atoms with Crippen molar-refractivity contribution in [2.24, 2.45) is 17.7 Å². The molecule has 4 heteroatoms. The summed E-state index contributed by atoms with van der Waals surface area (Å²) in [6.45, 7) is 2.18. The van der Waals surface area contributed by atoms with Gasteiger partial charge in [-0.25, -0.2) is 15.8 Å². The Morgan fingerprint density at radius 2 is 2.22 bits per heavy atom. The largest absolute Gasteiger partial charge is 0.308 e. The summed E-state index contributed by atoms with van der Waals surface area (Å²) < 4.78 is 0. The van der Waals surface area contributed by atoms with Crippen molar-refractivity contribution in [1.82, 2.24) is 9.97 Å². The molecule has 2 aliphatic carbocycles. The van der Waals surface area contributed by atoms with Gasteiger partial charge in [-0.05, 0) is 37.5 Å². The van der Waals surface area contributed by atoms with Gasteiger partial charge in [-0.2, -0.15) is 0 Å². The minimum Gasteiger partial charge on any atom is -0.308 e. The highest BCUT2D eigenvalue weighted by molar-refractivity contribution is 5.35. The SMILES string of the molecule is CCCc1cc(NN)nc(C2CC3CCC2C3)n1. The number of nitrogens with zero attached hydrogens (tertiary/aromatic N) is 2. The van der Waals surface area contributed by atoms with Crippen LogP contribution in [0.4, 0.5) is 5.82 Å². The number of aromatic nitrogens is 2. The van der Waals surface area contributed by atoms with E-state index in [9.17, 15) is 0 Å². The normalized spacial score (nSPS) is 29.8. The topological polar surface area (TPSA) is 63.8 Å². The van der Waals surface area contributed by atoms with Gasteiger partial charge >= 0.3 is 0 Å². The van der Waals surface area contributed by atoms with Gasteiger partial charge in [-0.1, -0.05) is 19.8 Å². The van der Waals surface area contributed by atoms with Gasteiger partial charge in [0.2, 0.25) is 0 Å². The van der Waals surface area contributed by atoms with Crippen molar-refractivity contribution in [3.8, 4) is 0 Å². The molecule has 3 atom stereocenters. The summed E-state index contributed by atoms with van der Waals surface area (Å²) in [5, 5.41) is 0. The van der Waals surface area contributed by atoms with Crippen LogP contribution in [0.1, 0.15) is 56.5 Å². The summed E-state index contributed by atoms with van der Waals surface area (Å²) in [5.41, 5.74) is 3.81. The van der Waals surface area contributed by atoms with E-state index in [-0.39, 0.29) is 0 Å². The van der Waals surface area contributed by atoms with Gasteiger partial charge in [-0.3, -0.25) is 0 Å². The van der Waals surface area contributed by atoms with Crippen molar-refractivity contribution in [3.63, 3.8) is 0 Å². The summed E-state index contributed by atoms with van der Waals surface area (Å²) in [6, 6.07) is 1.97. The molecular formula is C14H22N4. The number of rotatable bonds is 4. The Morgan fingerprint density at radius 1 is 1.33 bits per heavy atom. The highest BCUT2D eigenvalue weighted by atomic mass is 15.3. The lowest BCUT2D eigenvalue weighted by molar-refractivity contribution is 0.404. The van der Waals surface area contributed by atoms with Crippen molar-refractivity contribution >= 4 is 5.82 Å². The summed E-state index contributed by atoms with van der Waals surface area (Å²) in [7, 11) is 0. The molecule has 1 aromatic heterocycles. The van der Waals surface area contributed by atoms with Crippen LogP contribution in [0.15, 0.2) is 6.07 Å². The van der Waals surface area contributed by atoms with Gasteiger partial charge in [0.05, 0.1) is 0 Å². The van der Waals surface area contributed by atoms with Gasteiger partial charge < -0.3 is 5.43 Å². The number of anilines is 1. The Hall–Kier alpha value is -1.16. The van der Waals surface area contributed by atoms with Gasteiger partial charge in [0.15, 0.2) is 0 Å². The van der Waals surface area contributed by atoms with Crippen LogP contribution in [0.25, 0.3) is 0 Å². The third-order valence-electron chi connectivity index (χ3n) is 4.52. The standard InChI is InChI=1S/C14H22N4/c1-2-3-11-8-13(18-15)17-14(16-11)12-7-9-4-5-10(12)6-9/h8-10,12H,2-7,15H2,1H3,(H,16,17,18). The Labute approximate surface area is 108 Å². The van der Waals surface area contributed by atoms with Crippen molar-refractivity contribution in [3.05, 3.63) is 17.6 Å². The molecule has 0 aliphatic heterocycles. The van der Waals surface area contributed by atoms with E-state index in [1.54, 1.807) is 0 Å². The predicted octanol–water partition coefficient (Wildman–Crippen LogP) is 2.62. The average Bonchev–Trinajstić information content (AvgIpc) is 3.01. The van der Waals surface area contributed by atoms with Gasteiger partial charge in [0.1, 0.15) is 11.6 Å². The molecule has 0 aromatic carbocycles. The Morgan fingerprint density at radius 3 is 2.83 bits per heavy atom. The number of nitrogen functional groups attached to an aromatic ring is 1. The Balaban J connectivity index is 1.88. The van der Waals surface area contributed by atoms with Crippen molar-refractivity contribution in [1.29, 1.82) is 0 Å². The molecule has 3 rings (SSSR count). The summed E-state index contributed by atoms with van der Waals surface area (Å²) >= 11 is 0. The molecule has 1 heterocycles. The molecule has 1 aromatic rings. The van der Waals surface area contributed by atoms with Crippen LogP contribution in [-0.2, 0) is 6.42 Å². The first-order valence-corrected chi connectivity index (χ1v) is 7.14. The molecule has 3 N–H and O–H groups in total. The number of hydrazine groups is 1. The minimum absolute atomic E-state index is 0.577. The van der Waals surface area contributed by atoms with Crippen LogP contribution >= 0.6 is 0 Å². The highest BCUT2D eigenvalue weighted by Crippen LogP contribution is 2.52. The van der Waals surface area contributed by atoms with E-state index in [1.807, 2.05) is 6.07 Å². The average molecular weight is 246 g/mol. The number of aryl methyl sites for hydroxylation is 1. The fraction of sp³-hybridized carbons (Fsp3) is 0.714. The molecule has 98 valence electrons. The monoisotopic (exact) mass is 246 g/mol. The Bertz CT molecular complexity index is 432. The van der Waals surface area contributed by atoms with Gasteiger partial charge in [0, 0.05) is 17.7 Å². The summed E-state index contributed by atoms with van der Waals surface area (Å²) in [4.78, 5) is 9.35. The van der Waals surface area contributed by atoms with Gasteiger partial charge in [0.25, 0.3) is 0 Å². The van der Waals surface area contributed by atoms with E-state index < -0.39 is 0 Å². The molecule has 4 nitrogen and oxygen atoms in total. The lowest BCUT2D eigenvalue weighted by Gasteiger charge is -2.21. The molecule has 2 fully saturated rings. The molecule has 2 bridgehead atoms. The highest BCUT2D eigenvalue weighted by Gasteiger charge is 2.41. The first kappa shape index (κ1) is 11.9. The first-order chi connectivity index (χ1) is 8.80. The van der Waals surface area contributed by atoms with E-state index in [0.29, 0.717) is 5.92 Å². The first-order valence-electron chi connectivity index (χ1n) is 7.14. The molecule has 3 unspecified atom stereocenters. The number of nitrogens with two attached hydrogens (primary N) is 1. The zero-order chi connectivity index (χ0) is 12.5. The third-order valence-corrected chi connectivity index (χ3v) is 4.52. The number of hydrogen-bond donors (Lipinski definition) is 2. The quantitative estimate of drug-likeness (QED) is 0.633. The molecule has 0 saturated heterocycles. The number of hydrogen-bond acceptors (Lipinski definition) is 4.